The summed E-state index contributed by atoms with van der Waals surface area (Å²) in [6.45, 7) is 0.843. The van der Waals surface area contributed by atoms with Crippen molar-refractivity contribution in [3.8, 4) is 11.5 Å². The van der Waals surface area contributed by atoms with Crippen LogP contribution in [-0.4, -0.2) is 54.3 Å². The number of fused-ring (bicyclic) bond motifs is 1. The highest BCUT2D eigenvalue weighted by molar-refractivity contribution is 7.89. The Kier molecular flexibility index (Phi) is 3.72. The molecule has 0 bridgehead atoms. The zero-order chi connectivity index (χ0) is 18.6. The summed E-state index contributed by atoms with van der Waals surface area (Å²) in [5, 5.41) is 14.8. The molecule has 3 heterocycles. The van der Waals surface area contributed by atoms with Crippen molar-refractivity contribution in [2.75, 3.05) is 26.3 Å². The van der Waals surface area contributed by atoms with Crippen molar-refractivity contribution in [2.24, 2.45) is 0 Å². The second-order valence-electron chi connectivity index (χ2n) is 7.16. The Morgan fingerprint density at radius 1 is 1.19 bits per heavy atom. The molecule has 1 atom stereocenters. The number of sulfonamides is 1. The van der Waals surface area contributed by atoms with Gasteiger partial charge < -0.3 is 19.1 Å². The van der Waals surface area contributed by atoms with Crippen LogP contribution in [0.1, 0.15) is 36.9 Å². The second-order valence-corrected chi connectivity index (χ2v) is 9.10. The summed E-state index contributed by atoms with van der Waals surface area (Å²) in [6, 6.07) is 4.53. The highest BCUT2D eigenvalue weighted by atomic mass is 32.2. The lowest BCUT2D eigenvalue weighted by atomic mass is 10.0. The Labute approximate surface area is 155 Å². The molecule has 1 aromatic heterocycles. The average molecular weight is 393 g/mol. The maximum Gasteiger partial charge on any atom is 0.260 e. The third kappa shape index (κ3) is 2.88. The summed E-state index contributed by atoms with van der Waals surface area (Å²) >= 11 is 0. The molecule has 1 aliphatic carbocycles. The van der Waals surface area contributed by atoms with Crippen LogP contribution < -0.4 is 9.47 Å². The van der Waals surface area contributed by atoms with Crippen molar-refractivity contribution in [3.05, 3.63) is 29.9 Å². The van der Waals surface area contributed by atoms with Crippen molar-refractivity contribution in [1.82, 2.24) is 14.4 Å². The fourth-order valence-corrected chi connectivity index (χ4v) is 4.91. The van der Waals surface area contributed by atoms with E-state index in [-0.39, 0.29) is 30.3 Å². The monoisotopic (exact) mass is 393 g/mol. The minimum atomic E-state index is -3.80. The molecule has 10 heteroatoms. The predicted molar refractivity (Wildman–Crippen MR) is 91.0 cm³/mol. The number of rotatable bonds is 4. The predicted octanol–water partition coefficient (Wildman–Crippen LogP) is 1.00. The number of nitrogens with zero attached hydrogens (tertiary/aromatic N) is 3. The van der Waals surface area contributed by atoms with Gasteiger partial charge in [0, 0.05) is 24.9 Å². The van der Waals surface area contributed by atoms with Gasteiger partial charge in [0.2, 0.25) is 10.0 Å². The summed E-state index contributed by atoms with van der Waals surface area (Å²) in [5.41, 5.74) is -1.47. The molecular weight excluding hydrogens is 374 g/mol. The van der Waals surface area contributed by atoms with E-state index >= 15 is 0 Å². The molecule has 1 saturated heterocycles. The van der Waals surface area contributed by atoms with Gasteiger partial charge in [-0.2, -0.15) is 9.29 Å². The first-order valence-corrected chi connectivity index (χ1v) is 10.4. The Balaban J connectivity index is 1.39. The van der Waals surface area contributed by atoms with Gasteiger partial charge in [0.1, 0.15) is 13.2 Å². The molecule has 2 fully saturated rings. The van der Waals surface area contributed by atoms with Crippen LogP contribution in [0.2, 0.25) is 0 Å². The van der Waals surface area contributed by atoms with Crippen molar-refractivity contribution in [3.63, 3.8) is 0 Å². The number of benzene rings is 1. The fraction of sp³-hybridized carbons (Fsp3) is 0.529. The molecule has 0 amide bonds. The highest BCUT2D eigenvalue weighted by Crippen LogP contribution is 2.41. The molecule has 1 unspecified atom stereocenters. The van der Waals surface area contributed by atoms with Crippen LogP contribution in [0.5, 0.6) is 11.5 Å². The van der Waals surface area contributed by atoms with Crippen LogP contribution in [0.4, 0.5) is 0 Å². The van der Waals surface area contributed by atoms with Crippen molar-refractivity contribution < 1.29 is 27.5 Å². The van der Waals surface area contributed by atoms with Crippen LogP contribution in [-0.2, 0) is 15.6 Å². The Bertz CT molecular complexity index is 986. The van der Waals surface area contributed by atoms with Gasteiger partial charge in [-0.15, -0.1) is 0 Å². The molecule has 27 heavy (non-hydrogen) atoms. The molecule has 1 N–H and O–H groups in total. The zero-order valence-corrected chi connectivity index (χ0v) is 15.3. The van der Waals surface area contributed by atoms with Gasteiger partial charge in [0.05, 0.1) is 11.4 Å². The highest BCUT2D eigenvalue weighted by Gasteiger charge is 2.47. The first-order valence-electron chi connectivity index (χ1n) is 8.92. The minimum absolute atomic E-state index is 0.0873. The Hall–Kier alpha value is -2.17. The molecule has 3 aliphatic rings. The molecule has 2 aromatic rings. The SMILES string of the molecule is O=S(=O)(c1ccc2c(c1)OCCO2)N1CCC(O)(c2nc(C3CC3)no2)C1. The molecule has 5 rings (SSSR count). The number of aliphatic hydroxyl groups is 1. The number of hydrogen-bond acceptors (Lipinski definition) is 8. The molecule has 0 spiro atoms. The summed E-state index contributed by atoms with van der Waals surface area (Å²) < 4.78 is 43.4. The lowest BCUT2D eigenvalue weighted by Crippen LogP contribution is -2.34. The maximum absolute atomic E-state index is 13.0. The van der Waals surface area contributed by atoms with Crippen LogP contribution in [0.3, 0.4) is 0 Å². The van der Waals surface area contributed by atoms with Gasteiger partial charge in [0.15, 0.2) is 22.9 Å². The minimum Gasteiger partial charge on any atom is -0.486 e. The van der Waals surface area contributed by atoms with Gasteiger partial charge >= 0.3 is 0 Å². The smallest absolute Gasteiger partial charge is 0.260 e. The molecule has 0 radical (unpaired) electrons. The Morgan fingerprint density at radius 2 is 1.96 bits per heavy atom. The van der Waals surface area contributed by atoms with Crippen molar-refractivity contribution in [2.45, 2.75) is 35.7 Å². The average Bonchev–Trinajstić information content (AvgIpc) is 3.24. The summed E-state index contributed by atoms with van der Waals surface area (Å²) in [4.78, 5) is 4.38. The van der Waals surface area contributed by atoms with E-state index < -0.39 is 15.6 Å². The molecule has 9 nitrogen and oxygen atoms in total. The maximum atomic E-state index is 13.0. The van der Waals surface area contributed by atoms with E-state index in [1.54, 1.807) is 6.07 Å². The fourth-order valence-electron chi connectivity index (χ4n) is 3.40. The van der Waals surface area contributed by atoms with Crippen LogP contribution >= 0.6 is 0 Å². The van der Waals surface area contributed by atoms with Gasteiger partial charge in [0.25, 0.3) is 5.89 Å². The third-order valence-corrected chi connectivity index (χ3v) is 6.99. The summed E-state index contributed by atoms with van der Waals surface area (Å²) in [5.74, 6) is 1.90. The lowest BCUT2D eigenvalue weighted by molar-refractivity contribution is 0.0194. The molecular formula is C17H19N3O6S. The summed E-state index contributed by atoms with van der Waals surface area (Å²) in [7, 11) is -3.80. The number of aromatic nitrogens is 2. The third-order valence-electron chi connectivity index (χ3n) is 5.15. The van der Waals surface area contributed by atoms with Gasteiger partial charge in [-0.25, -0.2) is 8.42 Å². The zero-order valence-electron chi connectivity index (χ0n) is 14.5. The summed E-state index contributed by atoms with van der Waals surface area (Å²) in [6.07, 6.45) is 2.23. The van der Waals surface area contributed by atoms with E-state index in [4.69, 9.17) is 14.0 Å². The van der Waals surface area contributed by atoms with Crippen molar-refractivity contribution in [1.29, 1.82) is 0 Å². The van der Waals surface area contributed by atoms with E-state index in [0.29, 0.717) is 36.5 Å². The van der Waals surface area contributed by atoms with E-state index in [1.165, 1.54) is 16.4 Å². The first kappa shape index (κ1) is 17.0. The number of hydrogen-bond donors (Lipinski definition) is 1. The standard InChI is InChI=1S/C17H19N3O6S/c21-17(16-18-15(19-26-16)11-1-2-11)5-6-20(10-17)27(22,23)12-3-4-13-14(9-12)25-8-7-24-13/h3-4,9,11,21H,1-2,5-8,10H2. The number of β-amino-alcohol motifs (C(OH)–C–C–N with tert-alkyl or cyclic N) is 1. The first-order chi connectivity index (χ1) is 13.0. The second kappa shape index (κ2) is 5.91. The largest absolute Gasteiger partial charge is 0.486 e. The van der Waals surface area contributed by atoms with Gasteiger partial charge in [-0.3, -0.25) is 0 Å². The lowest BCUT2D eigenvalue weighted by Gasteiger charge is -2.22. The Morgan fingerprint density at radius 3 is 2.74 bits per heavy atom. The molecule has 1 saturated carbocycles. The quantitative estimate of drug-likeness (QED) is 0.818. The van der Waals surface area contributed by atoms with E-state index in [0.717, 1.165) is 12.8 Å². The van der Waals surface area contributed by atoms with Gasteiger partial charge in [-0.05, 0) is 25.0 Å². The van der Waals surface area contributed by atoms with Crippen molar-refractivity contribution >= 4 is 10.0 Å². The van der Waals surface area contributed by atoms with E-state index in [2.05, 4.69) is 10.1 Å². The van der Waals surface area contributed by atoms with Crippen LogP contribution in [0.15, 0.2) is 27.6 Å². The molecule has 144 valence electrons. The van der Waals surface area contributed by atoms with Crippen LogP contribution in [0.25, 0.3) is 0 Å². The molecule has 1 aromatic carbocycles. The number of ether oxygens (including phenoxy) is 2. The normalized spacial score (nSPS) is 25.7. The van der Waals surface area contributed by atoms with Gasteiger partial charge in [-0.1, -0.05) is 5.16 Å². The van der Waals surface area contributed by atoms with E-state index in [9.17, 15) is 13.5 Å². The molecule has 2 aliphatic heterocycles. The van der Waals surface area contributed by atoms with Crippen LogP contribution in [0, 0.1) is 0 Å². The van der Waals surface area contributed by atoms with E-state index in [1.807, 2.05) is 0 Å². The topological polar surface area (TPSA) is 115 Å².